The van der Waals surface area contributed by atoms with E-state index in [1.165, 1.54) is 4.88 Å². The van der Waals surface area contributed by atoms with Gasteiger partial charge < -0.3 is 15.0 Å². The maximum absolute atomic E-state index is 12.9. The molecule has 3 heterocycles. The summed E-state index contributed by atoms with van der Waals surface area (Å²) in [5.74, 6) is 0.167. The van der Waals surface area contributed by atoms with Gasteiger partial charge in [0.05, 0.1) is 4.34 Å². The molecule has 1 aromatic rings. The highest BCUT2D eigenvalue weighted by molar-refractivity contribution is 7.16. The van der Waals surface area contributed by atoms with E-state index in [0.717, 1.165) is 63.0 Å². The average Bonchev–Trinajstić information content (AvgIpc) is 3.00. The van der Waals surface area contributed by atoms with Gasteiger partial charge in [0, 0.05) is 44.7 Å². The standard InChI is InChI=1S/C16H24ClN3O2S/c1-22-16(4-6-18-7-5-16)15(21)20-10-8-19(9-11-20)12-13-2-3-14(17)23-13/h2-3,18H,4-12H2,1H3. The van der Waals surface area contributed by atoms with E-state index < -0.39 is 5.60 Å². The maximum Gasteiger partial charge on any atom is 0.254 e. The molecule has 5 nitrogen and oxygen atoms in total. The van der Waals surface area contributed by atoms with E-state index in [1.807, 2.05) is 11.0 Å². The molecule has 7 heteroatoms. The van der Waals surface area contributed by atoms with Crippen LogP contribution in [0.1, 0.15) is 17.7 Å². The normalized spacial score (nSPS) is 22.3. The lowest BCUT2D eigenvalue weighted by molar-refractivity contribution is -0.160. The van der Waals surface area contributed by atoms with Crippen LogP contribution in [0.4, 0.5) is 0 Å². The fraction of sp³-hybridized carbons (Fsp3) is 0.688. The van der Waals surface area contributed by atoms with Crippen LogP contribution in [-0.4, -0.2) is 67.7 Å². The maximum atomic E-state index is 12.9. The number of carbonyl (C=O) groups is 1. The number of nitrogens with zero attached hydrogens (tertiary/aromatic N) is 2. The molecule has 2 aliphatic rings. The van der Waals surface area contributed by atoms with Crippen LogP contribution in [0.15, 0.2) is 12.1 Å². The first-order chi connectivity index (χ1) is 11.1. The Balaban J connectivity index is 1.54. The molecule has 23 heavy (non-hydrogen) atoms. The first kappa shape index (κ1) is 17.2. The van der Waals surface area contributed by atoms with Crippen molar-refractivity contribution in [2.75, 3.05) is 46.4 Å². The summed E-state index contributed by atoms with van der Waals surface area (Å²) in [6, 6.07) is 4.03. The van der Waals surface area contributed by atoms with Gasteiger partial charge in [0.15, 0.2) is 0 Å². The van der Waals surface area contributed by atoms with Crippen LogP contribution in [0.2, 0.25) is 4.34 Å². The molecule has 0 spiro atoms. The Bertz CT molecular complexity index is 537. The smallest absolute Gasteiger partial charge is 0.254 e. The molecule has 1 N–H and O–H groups in total. The number of amides is 1. The molecule has 0 radical (unpaired) electrons. The molecule has 2 fully saturated rings. The number of halogens is 1. The highest BCUT2D eigenvalue weighted by Crippen LogP contribution is 2.27. The van der Waals surface area contributed by atoms with Gasteiger partial charge in [-0.25, -0.2) is 0 Å². The van der Waals surface area contributed by atoms with Gasteiger partial charge in [0.25, 0.3) is 5.91 Å². The molecule has 3 rings (SSSR count). The van der Waals surface area contributed by atoms with Crippen LogP contribution in [0.5, 0.6) is 0 Å². The molecule has 1 aromatic heterocycles. The van der Waals surface area contributed by atoms with E-state index in [9.17, 15) is 4.79 Å². The summed E-state index contributed by atoms with van der Waals surface area (Å²) in [4.78, 5) is 18.6. The van der Waals surface area contributed by atoms with Gasteiger partial charge in [-0.1, -0.05) is 11.6 Å². The minimum Gasteiger partial charge on any atom is -0.368 e. The van der Waals surface area contributed by atoms with Crippen LogP contribution < -0.4 is 5.32 Å². The molecular formula is C16H24ClN3O2S. The zero-order valence-corrected chi connectivity index (χ0v) is 15.1. The Morgan fingerprint density at radius 1 is 1.30 bits per heavy atom. The summed E-state index contributed by atoms with van der Waals surface area (Å²) < 4.78 is 6.50. The van der Waals surface area contributed by atoms with Crippen molar-refractivity contribution in [3.8, 4) is 0 Å². The van der Waals surface area contributed by atoms with Crippen molar-refractivity contribution < 1.29 is 9.53 Å². The fourth-order valence-corrected chi connectivity index (χ4v) is 4.52. The summed E-state index contributed by atoms with van der Waals surface area (Å²) in [6.45, 7) is 5.96. The minimum absolute atomic E-state index is 0.167. The summed E-state index contributed by atoms with van der Waals surface area (Å²) in [5.41, 5.74) is -0.616. The van der Waals surface area contributed by atoms with E-state index in [1.54, 1.807) is 18.4 Å². The third-order valence-electron chi connectivity index (χ3n) is 4.86. The van der Waals surface area contributed by atoms with E-state index in [0.29, 0.717) is 0 Å². The molecule has 128 valence electrons. The number of carbonyl (C=O) groups excluding carboxylic acids is 1. The number of nitrogens with one attached hydrogen (secondary N) is 1. The zero-order chi connectivity index (χ0) is 16.3. The van der Waals surface area contributed by atoms with Crippen molar-refractivity contribution in [3.63, 3.8) is 0 Å². The molecule has 0 aliphatic carbocycles. The third kappa shape index (κ3) is 3.88. The predicted molar refractivity (Wildman–Crippen MR) is 93.0 cm³/mol. The first-order valence-corrected chi connectivity index (χ1v) is 9.34. The van der Waals surface area contributed by atoms with Gasteiger partial charge in [-0.3, -0.25) is 9.69 Å². The highest BCUT2D eigenvalue weighted by atomic mass is 35.5. The molecule has 2 saturated heterocycles. The van der Waals surface area contributed by atoms with E-state index >= 15 is 0 Å². The summed E-state index contributed by atoms with van der Waals surface area (Å²) >= 11 is 7.62. The minimum atomic E-state index is -0.616. The Morgan fingerprint density at radius 2 is 2.00 bits per heavy atom. The number of hydrogen-bond acceptors (Lipinski definition) is 5. The third-order valence-corrected chi connectivity index (χ3v) is 6.08. The number of piperidine rings is 1. The van der Waals surface area contributed by atoms with Crippen molar-refractivity contribution in [2.24, 2.45) is 0 Å². The molecule has 1 amide bonds. The molecule has 0 saturated carbocycles. The van der Waals surface area contributed by atoms with Crippen LogP contribution in [0, 0.1) is 0 Å². The Morgan fingerprint density at radius 3 is 2.57 bits per heavy atom. The highest BCUT2D eigenvalue weighted by Gasteiger charge is 2.42. The Hall–Kier alpha value is -0.660. The second-order valence-corrected chi connectivity index (χ2v) is 8.02. The predicted octanol–water partition coefficient (Wildman–Crippen LogP) is 1.81. The van der Waals surface area contributed by atoms with Gasteiger partial charge in [0.1, 0.15) is 5.60 Å². The van der Waals surface area contributed by atoms with E-state index in [2.05, 4.69) is 16.3 Å². The first-order valence-electron chi connectivity index (χ1n) is 8.15. The fourth-order valence-electron chi connectivity index (χ4n) is 3.39. The summed E-state index contributed by atoms with van der Waals surface area (Å²) in [7, 11) is 1.67. The molecule has 2 aliphatic heterocycles. The number of hydrogen-bond donors (Lipinski definition) is 1. The molecular weight excluding hydrogens is 334 g/mol. The summed E-state index contributed by atoms with van der Waals surface area (Å²) in [5, 5.41) is 3.30. The lowest BCUT2D eigenvalue weighted by atomic mass is 9.90. The van der Waals surface area contributed by atoms with Gasteiger partial charge >= 0.3 is 0 Å². The van der Waals surface area contributed by atoms with Gasteiger partial charge in [-0.15, -0.1) is 11.3 Å². The molecule has 0 bridgehead atoms. The molecule has 0 aromatic carbocycles. The molecule has 0 unspecified atom stereocenters. The van der Waals surface area contributed by atoms with Crippen molar-refractivity contribution in [1.82, 2.24) is 15.1 Å². The largest absolute Gasteiger partial charge is 0.368 e. The number of methoxy groups -OCH3 is 1. The van der Waals surface area contributed by atoms with Crippen LogP contribution >= 0.6 is 22.9 Å². The van der Waals surface area contributed by atoms with Crippen molar-refractivity contribution in [2.45, 2.75) is 25.0 Å². The Kier molecular flexibility index (Phi) is 5.59. The van der Waals surface area contributed by atoms with Gasteiger partial charge in [-0.05, 0) is 38.1 Å². The number of rotatable bonds is 4. The second kappa shape index (κ2) is 7.49. The monoisotopic (exact) mass is 357 g/mol. The van der Waals surface area contributed by atoms with E-state index in [4.69, 9.17) is 16.3 Å². The number of ether oxygens (including phenoxy) is 1. The average molecular weight is 358 g/mol. The van der Waals surface area contributed by atoms with Crippen molar-refractivity contribution in [3.05, 3.63) is 21.3 Å². The van der Waals surface area contributed by atoms with Gasteiger partial charge in [0.2, 0.25) is 0 Å². The van der Waals surface area contributed by atoms with Crippen LogP contribution in [-0.2, 0) is 16.1 Å². The SMILES string of the molecule is COC1(C(=O)N2CCN(Cc3ccc(Cl)s3)CC2)CCNCC1. The lowest BCUT2D eigenvalue weighted by Gasteiger charge is -2.42. The topological polar surface area (TPSA) is 44.8 Å². The van der Waals surface area contributed by atoms with Gasteiger partial charge in [-0.2, -0.15) is 0 Å². The van der Waals surface area contributed by atoms with Crippen molar-refractivity contribution >= 4 is 28.8 Å². The number of piperazine rings is 1. The second-order valence-electron chi connectivity index (χ2n) is 6.22. The zero-order valence-electron chi connectivity index (χ0n) is 13.5. The van der Waals surface area contributed by atoms with E-state index in [-0.39, 0.29) is 5.91 Å². The van der Waals surface area contributed by atoms with Crippen LogP contribution in [0.25, 0.3) is 0 Å². The Labute approximate surface area is 146 Å². The van der Waals surface area contributed by atoms with Crippen LogP contribution in [0.3, 0.4) is 0 Å². The molecule has 0 atom stereocenters. The quantitative estimate of drug-likeness (QED) is 0.892. The summed E-state index contributed by atoms with van der Waals surface area (Å²) in [6.07, 6.45) is 1.52. The lowest BCUT2D eigenvalue weighted by Crippen LogP contribution is -2.59. The number of thiophene rings is 1. The van der Waals surface area contributed by atoms with Crippen molar-refractivity contribution in [1.29, 1.82) is 0 Å².